The standard InChI is InChI=1S/C28H34N2O3/c1-20(31)33-26-9-5-8-23(16-26)28-14-15-30(18-21-10-11-21)19-24(28)12-13-25(17-28)29-27(32)22-6-3-2-4-7-22/h2-9,16,21,24-25H,10-15,17-19H2,1H3,(H,29,32)/t24?,25-,28?/m1/s1. The van der Waals surface area contributed by atoms with Crippen molar-refractivity contribution in [3.8, 4) is 5.75 Å². The summed E-state index contributed by atoms with van der Waals surface area (Å²) in [5.74, 6) is 1.77. The number of nitrogens with one attached hydrogen (secondary N) is 1. The van der Waals surface area contributed by atoms with Gasteiger partial charge in [-0.2, -0.15) is 0 Å². The summed E-state index contributed by atoms with van der Waals surface area (Å²) in [6.45, 7) is 4.88. The SMILES string of the molecule is CC(=O)Oc1cccc(C23CCN(CC4CC4)CC2CC[C@@H](NC(=O)c2ccccc2)C3)c1. The van der Waals surface area contributed by atoms with Gasteiger partial charge in [-0.3, -0.25) is 9.59 Å². The lowest BCUT2D eigenvalue weighted by Gasteiger charge is -2.53. The molecule has 2 aromatic rings. The Hall–Kier alpha value is -2.66. The number of piperidine rings is 1. The summed E-state index contributed by atoms with van der Waals surface area (Å²) in [6.07, 6.45) is 6.86. The number of rotatable bonds is 6. The van der Waals surface area contributed by atoms with Crippen molar-refractivity contribution in [2.75, 3.05) is 19.6 Å². The summed E-state index contributed by atoms with van der Waals surface area (Å²) in [4.78, 5) is 27.1. The third kappa shape index (κ3) is 4.98. The largest absolute Gasteiger partial charge is 0.427 e. The minimum Gasteiger partial charge on any atom is -0.427 e. The van der Waals surface area contributed by atoms with Gasteiger partial charge in [0.2, 0.25) is 0 Å². The summed E-state index contributed by atoms with van der Waals surface area (Å²) in [7, 11) is 0. The summed E-state index contributed by atoms with van der Waals surface area (Å²) in [6, 6.07) is 17.7. The van der Waals surface area contributed by atoms with Crippen molar-refractivity contribution in [3.63, 3.8) is 0 Å². The monoisotopic (exact) mass is 446 g/mol. The second kappa shape index (κ2) is 9.30. The number of carbonyl (C=O) groups is 2. The van der Waals surface area contributed by atoms with Gasteiger partial charge in [0.15, 0.2) is 0 Å². The number of ether oxygens (including phenoxy) is 1. The Morgan fingerprint density at radius 1 is 1.06 bits per heavy atom. The third-order valence-corrected chi connectivity index (χ3v) is 7.86. The molecule has 1 N–H and O–H groups in total. The average molecular weight is 447 g/mol. The molecule has 1 amide bonds. The van der Waals surface area contributed by atoms with Crippen molar-refractivity contribution < 1.29 is 14.3 Å². The molecule has 1 aliphatic heterocycles. The fourth-order valence-electron chi connectivity index (χ4n) is 6.07. The van der Waals surface area contributed by atoms with E-state index < -0.39 is 0 Å². The number of hydrogen-bond donors (Lipinski definition) is 1. The van der Waals surface area contributed by atoms with Crippen molar-refractivity contribution in [1.82, 2.24) is 10.2 Å². The van der Waals surface area contributed by atoms with E-state index in [2.05, 4.69) is 22.3 Å². The van der Waals surface area contributed by atoms with Gasteiger partial charge in [0.1, 0.15) is 5.75 Å². The molecule has 1 heterocycles. The number of esters is 1. The van der Waals surface area contributed by atoms with E-state index >= 15 is 0 Å². The lowest BCUT2D eigenvalue weighted by atomic mass is 9.58. The summed E-state index contributed by atoms with van der Waals surface area (Å²) in [5, 5.41) is 3.33. The predicted molar refractivity (Wildman–Crippen MR) is 128 cm³/mol. The van der Waals surface area contributed by atoms with Crippen molar-refractivity contribution in [2.45, 2.75) is 56.9 Å². The molecule has 5 rings (SSSR count). The molecule has 0 aromatic heterocycles. The maximum Gasteiger partial charge on any atom is 0.308 e. The van der Waals surface area contributed by atoms with E-state index in [0.29, 0.717) is 17.2 Å². The molecule has 2 aromatic carbocycles. The van der Waals surface area contributed by atoms with Crippen molar-refractivity contribution in [1.29, 1.82) is 0 Å². The van der Waals surface area contributed by atoms with E-state index in [4.69, 9.17) is 4.74 Å². The van der Waals surface area contributed by atoms with Crippen LogP contribution in [-0.4, -0.2) is 42.5 Å². The molecule has 2 saturated carbocycles. The van der Waals surface area contributed by atoms with E-state index in [-0.39, 0.29) is 23.3 Å². The van der Waals surface area contributed by atoms with Crippen LogP contribution in [0, 0.1) is 11.8 Å². The van der Waals surface area contributed by atoms with Crippen molar-refractivity contribution in [3.05, 3.63) is 65.7 Å². The third-order valence-electron chi connectivity index (χ3n) is 7.86. The van der Waals surface area contributed by atoms with Gasteiger partial charge in [0.05, 0.1) is 0 Å². The van der Waals surface area contributed by atoms with Gasteiger partial charge in [-0.15, -0.1) is 0 Å². The topological polar surface area (TPSA) is 58.6 Å². The Labute approximate surface area is 196 Å². The first-order chi connectivity index (χ1) is 16.0. The molecule has 3 aliphatic rings. The summed E-state index contributed by atoms with van der Waals surface area (Å²) >= 11 is 0. The van der Waals surface area contributed by atoms with E-state index in [1.807, 2.05) is 42.5 Å². The van der Waals surface area contributed by atoms with Crippen LogP contribution in [0.2, 0.25) is 0 Å². The van der Waals surface area contributed by atoms with Crippen molar-refractivity contribution in [2.24, 2.45) is 11.8 Å². The molecule has 0 bridgehead atoms. The molecule has 3 fully saturated rings. The van der Waals surface area contributed by atoms with E-state index in [9.17, 15) is 9.59 Å². The molecular formula is C28H34N2O3. The van der Waals surface area contributed by atoms with Gasteiger partial charge in [-0.25, -0.2) is 0 Å². The second-order valence-electron chi connectivity index (χ2n) is 10.2. The van der Waals surface area contributed by atoms with Crippen LogP contribution < -0.4 is 10.1 Å². The van der Waals surface area contributed by atoms with Gasteiger partial charge >= 0.3 is 5.97 Å². The Kier molecular flexibility index (Phi) is 6.24. The zero-order valence-corrected chi connectivity index (χ0v) is 19.5. The van der Waals surface area contributed by atoms with Gasteiger partial charge in [0, 0.05) is 37.0 Å². The highest BCUT2D eigenvalue weighted by Gasteiger charge is 2.48. The van der Waals surface area contributed by atoms with E-state index in [1.165, 1.54) is 31.9 Å². The molecule has 2 unspecified atom stereocenters. The van der Waals surface area contributed by atoms with Gasteiger partial charge in [0.25, 0.3) is 5.91 Å². The fraction of sp³-hybridized carbons (Fsp3) is 0.500. The fourth-order valence-corrected chi connectivity index (χ4v) is 6.07. The summed E-state index contributed by atoms with van der Waals surface area (Å²) in [5.41, 5.74) is 1.95. The smallest absolute Gasteiger partial charge is 0.308 e. The number of carbonyl (C=O) groups excluding carboxylic acids is 2. The zero-order valence-electron chi connectivity index (χ0n) is 19.5. The van der Waals surface area contributed by atoms with Crippen LogP contribution in [0.5, 0.6) is 5.75 Å². The number of benzene rings is 2. The van der Waals surface area contributed by atoms with Crippen LogP contribution in [-0.2, 0) is 10.2 Å². The van der Waals surface area contributed by atoms with Crippen LogP contribution in [0.4, 0.5) is 0 Å². The van der Waals surface area contributed by atoms with Crippen molar-refractivity contribution >= 4 is 11.9 Å². The first-order valence-electron chi connectivity index (χ1n) is 12.4. The lowest BCUT2D eigenvalue weighted by molar-refractivity contribution is -0.131. The minimum absolute atomic E-state index is 0.00836. The first-order valence-corrected chi connectivity index (χ1v) is 12.4. The Balaban J connectivity index is 1.39. The van der Waals surface area contributed by atoms with E-state index in [0.717, 1.165) is 44.7 Å². The molecule has 174 valence electrons. The normalized spacial score (nSPS) is 27.4. The highest BCUT2D eigenvalue weighted by atomic mass is 16.5. The summed E-state index contributed by atoms with van der Waals surface area (Å²) < 4.78 is 5.43. The maximum absolute atomic E-state index is 12.9. The minimum atomic E-state index is -0.294. The predicted octanol–water partition coefficient (Wildman–Crippen LogP) is 4.56. The molecule has 5 nitrogen and oxygen atoms in total. The molecule has 33 heavy (non-hydrogen) atoms. The zero-order chi connectivity index (χ0) is 22.8. The molecule has 0 radical (unpaired) electrons. The van der Waals surface area contributed by atoms with Gasteiger partial charge in [-0.1, -0.05) is 30.3 Å². The first kappa shape index (κ1) is 22.1. The van der Waals surface area contributed by atoms with Gasteiger partial charge < -0.3 is 15.0 Å². The second-order valence-corrected chi connectivity index (χ2v) is 10.2. The number of hydrogen-bond acceptors (Lipinski definition) is 4. The number of likely N-dealkylation sites (tertiary alicyclic amines) is 1. The lowest BCUT2D eigenvalue weighted by Crippen LogP contribution is -2.56. The number of amides is 1. The molecule has 1 saturated heterocycles. The van der Waals surface area contributed by atoms with Crippen LogP contribution in [0.3, 0.4) is 0 Å². The van der Waals surface area contributed by atoms with Crippen LogP contribution in [0.1, 0.15) is 61.4 Å². The molecule has 2 aliphatic carbocycles. The highest BCUT2D eigenvalue weighted by Crippen LogP contribution is 2.50. The number of nitrogens with zero attached hydrogens (tertiary/aromatic N) is 1. The average Bonchev–Trinajstić information content (AvgIpc) is 3.63. The van der Waals surface area contributed by atoms with Crippen LogP contribution in [0.25, 0.3) is 0 Å². The molecule has 5 heteroatoms. The Morgan fingerprint density at radius 3 is 2.64 bits per heavy atom. The Bertz CT molecular complexity index is 1000. The van der Waals surface area contributed by atoms with Crippen LogP contribution in [0.15, 0.2) is 54.6 Å². The Morgan fingerprint density at radius 2 is 1.88 bits per heavy atom. The number of fused-ring (bicyclic) bond motifs is 1. The van der Waals surface area contributed by atoms with Gasteiger partial charge in [-0.05, 0) is 86.7 Å². The van der Waals surface area contributed by atoms with E-state index in [1.54, 1.807) is 0 Å². The molecular weight excluding hydrogens is 412 g/mol. The quantitative estimate of drug-likeness (QED) is 0.522. The van der Waals surface area contributed by atoms with Crippen LogP contribution >= 0.6 is 0 Å². The molecule has 0 spiro atoms. The molecule has 3 atom stereocenters. The maximum atomic E-state index is 12.9. The highest BCUT2D eigenvalue weighted by molar-refractivity contribution is 5.94.